The number of esters is 1. The molecule has 1 heterocycles. The van der Waals surface area contributed by atoms with Crippen molar-refractivity contribution in [3.63, 3.8) is 0 Å². The molecule has 0 saturated heterocycles. The van der Waals surface area contributed by atoms with Crippen molar-refractivity contribution in [1.82, 2.24) is 5.32 Å². The maximum atomic E-state index is 12.6. The zero-order valence-electron chi connectivity index (χ0n) is 16.6. The number of amides is 3. The van der Waals surface area contributed by atoms with Crippen molar-refractivity contribution in [2.24, 2.45) is 0 Å². The minimum Gasteiger partial charge on any atom is -0.462 e. The SMILES string of the molecule is CCOC(=O)NC(=O)c1c(NC(=O)c2cccc(C)c2)sc(C(=O)OCC)c1C. The van der Waals surface area contributed by atoms with Gasteiger partial charge in [0.2, 0.25) is 0 Å². The zero-order valence-corrected chi connectivity index (χ0v) is 17.4. The number of carbonyl (C=O) groups excluding carboxylic acids is 4. The van der Waals surface area contributed by atoms with E-state index < -0.39 is 23.9 Å². The third kappa shape index (κ3) is 5.41. The average molecular weight is 418 g/mol. The number of benzene rings is 1. The molecule has 3 amide bonds. The Balaban J connectivity index is 2.41. The van der Waals surface area contributed by atoms with Crippen molar-refractivity contribution in [1.29, 1.82) is 0 Å². The summed E-state index contributed by atoms with van der Waals surface area (Å²) < 4.78 is 9.74. The summed E-state index contributed by atoms with van der Waals surface area (Å²) in [5.41, 5.74) is 1.60. The molecule has 0 aliphatic heterocycles. The maximum Gasteiger partial charge on any atom is 0.414 e. The number of ether oxygens (including phenoxy) is 2. The van der Waals surface area contributed by atoms with Gasteiger partial charge in [-0.3, -0.25) is 14.9 Å². The molecule has 29 heavy (non-hydrogen) atoms. The monoisotopic (exact) mass is 418 g/mol. The lowest BCUT2D eigenvalue weighted by Crippen LogP contribution is -2.32. The normalized spacial score (nSPS) is 10.2. The molecule has 0 aliphatic carbocycles. The van der Waals surface area contributed by atoms with Crippen molar-refractivity contribution >= 4 is 40.2 Å². The molecule has 0 atom stereocenters. The van der Waals surface area contributed by atoms with Crippen LogP contribution in [0.4, 0.5) is 9.80 Å². The molecule has 2 aromatic rings. The third-order valence-corrected chi connectivity index (χ3v) is 5.02. The van der Waals surface area contributed by atoms with Gasteiger partial charge < -0.3 is 14.8 Å². The van der Waals surface area contributed by atoms with Gasteiger partial charge in [-0.1, -0.05) is 17.7 Å². The summed E-state index contributed by atoms with van der Waals surface area (Å²) in [6, 6.07) is 6.92. The first-order chi connectivity index (χ1) is 13.8. The summed E-state index contributed by atoms with van der Waals surface area (Å²) in [5.74, 6) is -1.85. The third-order valence-electron chi connectivity index (χ3n) is 3.83. The second kappa shape index (κ2) is 9.83. The van der Waals surface area contributed by atoms with Crippen LogP contribution in [0.25, 0.3) is 0 Å². The highest BCUT2D eigenvalue weighted by Crippen LogP contribution is 2.34. The Labute approximate surface area is 172 Å². The van der Waals surface area contributed by atoms with Crippen LogP contribution in [-0.2, 0) is 9.47 Å². The maximum absolute atomic E-state index is 12.6. The molecule has 154 valence electrons. The fourth-order valence-electron chi connectivity index (χ4n) is 2.55. The van der Waals surface area contributed by atoms with Gasteiger partial charge >= 0.3 is 12.1 Å². The van der Waals surface area contributed by atoms with Gasteiger partial charge in [0.15, 0.2) is 0 Å². The lowest BCUT2D eigenvalue weighted by molar-refractivity contribution is 0.0531. The number of nitrogens with one attached hydrogen (secondary N) is 2. The van der Waals surface area contributed by atoms with Crippen LogP contribution in [-0.4, -0.2) is 37.1 Å². The van der Waals surface area contributed by atoms with Crippen molar-refractivity contribution in [2.75, 3.05) is 18.5 Å². The van der Waals surface area contributed by atoms with E-state index in [1.807, 2.05) is 13.0 Å². The van der Waals surface area contributed by atoms with Crippen LogP contribution in [0.1, 0.15) is 55.4 Å². The van der Waals surface area contributed by atoms with Crippen LogP contribution in [0.15, 0.2) is 24.3 Å². The number of carbonyl (C=O) groups is 4. The Bertz CT molecular complexity index is 950. The Morgan fingerprint density at radius 1 is 1.00 bits per heavy atom. The Kier molecular flexibility index (Phi) is 7.49. The van der Waals surface area contributed by atoms with Gasteiger partial charge in [-0.15, -0.1) is 11.3 Å². The molecule has 9 heteroatoms. The molecule has 2 N–H and O–H groups in total. The molecule has 0 aliphatic rings. The number of imide groups is 1. The smallest absolute Gasteiger partial charge is 0.414 e. The van der Waals surface area contributed by atoms with Crippen LogP contribution in [0, 0.1) is 13.8 Å². The number of thiophene rings is 1. The highest BCUT2D eigenvalue weighted by molar-refractivity contribution is 7.18. The van der Waals surface area contributed by atoms with E-state index in [-0.39, 0.29) is 28.7 Å². The minimum atomic E-state index is -0.920. The van der Waals surface area contributed by atoms with Crippen LogP contribution in [0.5, 0.6) is 0 Å². The first-order valence-corrected chi connectivity index (χ1v) is 9.76. The van der Waals surface area contributed by atoms with E-state index in [0.29, 0.717) is 11.1 Å². The molecule has 2 rings (SSSR count). The Morgan fingerprint density at radius 2 is 1.69 bits per heavy atom. The number of anilines is 1. The summed E-state index contributed by atoms with van der Waals surface area (Å²) in [7, 11) is 0. The number of hydrogen-bond acceptors (Lipinski definition) is 7. The largest absolute Gasteiger partial charge is 0.462 e. The average Bonchev–Trinajstić information content (AvgIpc) is 2.98. The van der Waals surface area contributed by atoms with Crippen LogP contribution in [0.3, 0.4) is 0 Å². The quantitative estimate of drug-likeness (QED) is 0.693. The summed E-state index contributed by atoms with van der Waals surface area (Å²) in [6.45, 7) is 6.91. The van der Waals surface area contributed by atoms with E-state index in [9.17, 15) is 19.2 Å². The molecule has 0 radical (unpaired) electrons. The van der Waals surface area contributed by atoms with Crippen LogP contribution in [0.2, 0.25) is 0 Å². The van der Waals surface area contributed by atoms with Crippen molar-refractivity contribution in [2.45, 2.75) is 27.7 Å². The predicted molar refractivity (Wildman–Crippen MR) is 109 cm³/mol. The fourth-order valence-corrected chi connectivity index (χ4v) is 3.64. The van der Waals surface area contributed by atoms with E-state index in [1.54, 1.807) is 39.0 Å². The summed E-state index contributed by atoms with van der Waals surface area (Å²) in [4.78, 5) is 49.3. The molecule has 1 aromatic heterocycles. The van der Waals surface area contributed by atoms with Gasteiger partial charge in [0.1, 0.15) is 9.88 Å². The van der Waals surface area contributed by atoms with E-state index in [2.05, 4.69) is 10.6 Å². The van der Waals surface area contributed by atoms with Gasteiger partial charge in [0, 0.05) is 5.56 Å². The zero-order chi connectivity index (χ0) is 21.6. The van der Waals surface area contributed by atoms with E-state index in [0.717, 1.165) is 16.9 Å². The van der Waals surface area contributed by atoms with Crippen molar-refractivity contribution in [3.05, 3.63) is 51.4 Å². The highest BCUT2D eigenvalue weighted by atomic mass is 32.1. The first-order valence-electron chi connectivity index (χ1n) is 8.95. The molecule has 0 unspecified atom stereocenters. The number of alkyl carbamates (subject to hydrolysis) is 1. The van der Waals surface area contributed by atoms with Gasteiger partial charge in [-0.05, 0) is 45.4 Å². The van der Waals surface area contributed by atoms with Gasteiger partial charge in [0.25, 0.3) is 11.8 Å². The topological polar surface area (TPSA) is 111 Å². The fraction of sp³-hybridized carbons (Fsp3) is 0.300. The lowest BCUT2D eigenvalue weighted by Gasteiger charge is -2.08. The summed E-state index contributed by atoms with van der Waals surface area (Å²) in [5, 5.41) is 4.88. The first kappa shape index (κ1) is 22.1. The van der Waals surface area contributed by atoms with Crippen molar-refractivity contribution in [3.8, 4) is 0 Å². The van der Waals surface area contributed by atoms with Crippen LogP contribution >= 0.6 is 11.3 Å². The van der Waals surface area contributed by atoms with Gasteiger partial charge in [0.05, 0.1) is 18.8 Å². The molecule has 0 spiro atoms. The molecule has 0 saturated carbocycles. The molecule has 0 fully saturated rings. The molecular formula is C20H22N2O6S. The second-order valence-corrected chi connectivity index (χ2v) is 7.00. The second-order valence-electron chi connectivity index (χ2n) is 5.98. The number of rotatable bonds is 6. The molecule has 8 nitrogen and oxygen atoms in total. The Morgan fingerprint density at radius 3 is 2.31 bits per heavy atom. The highest BCUT2D eigenvalue weighted by Gasteiger charge is 2.27. The number of hydrogen-bond donors (Lipinski definition) is 2. The molecule has 1 aromatic carbocycles. The summed E-state index contributed by atoms with van der Waals surface area (Å²) >= 11 is 0.911. The van der Waals surface area contributed by atoms with E-state index in [1.165, 1.54) is 0 Å². The standard InChI is InChI=1S/C20H22N2O6S/c1-5-27-19(25)15-12(4)14(17(24)22-20(26)28-6-2)18(29-15)21-16(23)13-9-7-8-11(3)10-13/h7-10H,5-6H2,1-4H3,(H,21,23)(H,22,24,26). The Hall–Kier alpha value is -3.20. The summed E-state index contributed by atoms with van der Waals surface area (Å²) in [6.07, 6.45) is -0.920. The van der Waals surface area contributed by atoms with E-state index >= 15 is 0 Å². The number of aryl methyl sites for hydroxylation is 1. The van der Waals surface area contributed by atoms with Gasteiger partial charge in [-0.25, -0.2) is 9.59 Å². The van der Waals surface area contributed by atoms with Gasteiger partial charge in [-0.2, -0.15) is 0 Å². The minimum absolute atomic E-state index is 0.00658. The molecular weight excluding hydrogens is 396 g/mol. The molecule has 0 bridgehead atoms. The van der Waals surface area contributed by atoms with E-state index in [4.69, 9.17) is 9.47 Å². The van der Waals surface area contributed by atoms with Crippen LogP contribution < -0.4 is 10.6 Å². The lowest BCUT2D eigenvalue weighted by atomic mass is 10.1. The predicted octanol–water partition coefficient (Wildman–Crippen LogP) is 3.68. The van der Waals surface area contributed by atoms with Crippen molar-refractivity contribution < 1.29 is 28.7 Å².